The molecule has 0 bridgehead atoms. The smallest absolute Gasteiger partial charge is 0.0419 e. The van der Waals surface area contributed by atoms with Crippen molar-refractivity contribution in [1.82, 2.24) is 6.15 Å². The average molecular weight is 258 g/mol. The molecule has 0 aliphatic rings. The van der Waals surface area contributed by atoms with Crippen molar-refractivity contribution >= 4 is 5.69 Å². The van der Waals surface area contributed by atoms with Crippen LogP contribution in [0.2, 0.25) is 0 Å². The van der Waals surface area contributed by atoms with Gasteiger partial charge < -0.3 is 11.5 Å². The quantitative estimate of drug-likeness (QED) is 0.786. The van der Waals surface area contributed by atoms with Gasteiger partial charge in [-0.15, -0.1) is 0 Å². The molecule has 0 saturated carbocycles. The Morgan fingerprint density at radius 3 is 1.95 bits per heavy atom. The molecule has 0 aliphatic carbocycles. The molecule has 0 atom stereocenters. The van der Waals surface area contributed by atoms with Gasteiger partial charge in [0.15, 0.2) is 0 Å². The highest BCUT2D eigenvalue weighted by molar-refractivity contribution is 5.79. The summed E-state index contributed by atoms with van der Waals surface area (Å²) in [5, 5.41) is 3.40. The van der Waals surface area contributed by atoms with Gasteiger partial charge in [-0.2, -0.15) is 0 Å². The summed E-state index contributed by atoms with van der Waals surface area (Å²) in [4.78, 5) is 0. The van der Waals surface area contributed by atoms with E-state index in [0.29, 0.717) is 0 Å². The number of aryl methyl sites for hydroxylation is 1. The van der Waals surface area contributed by atoms with Crippen LogP contribution in [0.4, 0.5) is 5.69 Å². The minimum Gasteiger partial charge on any atom is -0.385 e. The summed E-state index contributed by atoms with van der Waals surface area (Å²) in [5.41, 5.74) is 5.11. The molecule has 0 saturated heterocycles. The first-order valence-corrected chi connectivity index (χ1v) is 6.72. The second kappa shape index (κ2) is 9.17. The van der Waals surface area contributed by atoms with Crippen molar-refractivity contribution in [2.75, 3.05) is 11.9 Å². The minimum atomic E-state index is 0. The molecule has 2 aromatic rings. The van der Waals surface area contributed by atoms with Crippen molar-refractivity contribution in [1.29, 1.82) is 0 Å². The molecule has 0 aliphatic heterocycles. The van der Waals surface area contributed by atoms with Crippen molar-refractivity contribution in [3.8, 4) is 11.1 Å². The van der Waals surface area contributed by atoms with Gasteiger partial charge in [0.1, 0.15) is 0 Å². The van der Waals surface area contributed by atoms with Crippen LogP contribution in [0, 0.1) is 6.92 Å². The molecular weight excluding hydrogens is 232 g/mol. The number of hydrogen-bond acceptors (Lipinski definition) is 2. The van der Waals surface area contributed by atoms with E-state index in [4.69, 9.17) is 0 Å². The van der Waals surface area contributed by atoms with E-state index in [0.717, 1.165) is 6.54 Å². The molecule has 0 amide bonds. The molecule has 2 heteroatoms. The van der Waals surface area contributed by atoms with Gasteiger partial charge in [-0.05, 0) is 31.0 Å². The third-order valence-corrected chi connectivity index (χ3v) is 2.73. The fourth-order valence-corrected chi connectivity index (χ4v) is 1.94. The first-order chi connectivity index (χ1) is 8.83. The summed E-state index contributed by atoms with van der Waals surface area (Å²) in [6.45, 7) is 9.22. The third kappa shape index (κ3) is 4.42. The number of para-hydroxylation sites is 1. The van der Waals surface area contributed by atoms with E-state index < -0.39 is 0 Å². The summed E-state index contributed by atoms with van der Waals surface area (Å²) in [5.74, 6) is 0. The number of rotatable bonds is 3. The van der Waals surface area contributed by atoms with Crippen molar-refractivity contribution in [3.05, 3.63) is 54.1 Å². The number of benzene rings is 2. The van der Waals surface area contributed by atoms with E-state index >= 15 is 0 Å². The molecule has 0 aromatic heterocycles. The van der Waals surface area contributed by atoms with Crippen LogP contribution in [-0.4, -0.2) is 6.54 Å². The third-order valence-electron chi connectivity index (χ3n) is 2.73. The zero-order chi connectivity index (χ0) is 13.4. The normalized spacial score (nSPS) is 8.84. The van der Waals surface area contributed by atoms with Gasteiger partial charge in [0.25, 0.3) is 0 Å². The maximum atomic E-state index is 3.40. The monoisotopic (exact) mass is 258 g/mol. The zero-order valence-electron chi connectivity index (χ0n) is 12.5. The van der Waals surface area contributed by atoms with Crippen LogP contribution in [0.15, 0.2) is 48.5 Å². The number of hydrogen-bond donors (Lipinski definition) is 2. The van der Waals surface area contributed by atoms with Gasteiger partial charge in [-0.25, -0.2) is 0 Å². The summed E-state index contributed by atoms with van der Waals surface area (Å²) >= 11 is 0. The highest BCUT2D eigenvalue weighted by Gasteiger charge is 2.05. The molecule has 2 rings (SSSR count). The standard InChI is InChI=1S/C15H17N.C2H6.H3N/c1-3-16-15-11-7-6-10-14(15)13-9-5-4-8-12(13)2;1-2;/h4-11,16H,3H2,1-2H3;1-2H3;1H3. The first-order valence-electron chi connectivity index (χ1n) is 6.72. The number of nitrogens with one attached hydrogen (secondary N) is 1. The van der Waals surface area contributed by atoms with Crippen molar-refractivity contribution < 1.29 is 0 Å². The van der Waals surface area contributed by atoms with Crippen LogP contribution in [0.1, 0.15) is 26.3 Å². The van der Waals surface area contributed by atoms with E-state index in [1.165, 1.54) is 22.4 Å². The Balaban J connectivity index is 0.00000103. The minimum absolute atomic E-state index is 0. The van der Waals surface area contributed by atoms with Crippen molar-refractivity contribution in [2.45, 2.75) is 27.7 Å². The lowest BCUT2D eigenvalue weighted by molar-refractivity contribution is 1.21. The Bertz CT molecular complexity index is 478. The average Bonchev–Trinajstić information content (AvgIpc) is 2.43. The molecule has 0 fully saturated rings. The SMILES string of the molecule is CC.CCNc1ccccc1-c1ccccc1C.N. The summed E-state index contributed by atoms with van der Waals surface area (Å²) in [7, 11) is 0. The van der Waals surface area contributed by atoms with Crippen molar-refractivity contribution in [3.63, 3.8) is 0 Å². The molecule has 2 aromatic carbocycles. The van der Waals surface area contributed by atoms with Gasteiger partial charge in [0, 0.05) is 17.8 Å². The molecule has 0 radical (unpaired) electrons. The topological polar surface area (TPSA) is 47.0 Å². The molecule has 4 N–H and O–H groups in total. The second-order valence-electron chi connectivity index (χ2n) is 3.89. The van der Waals surface area contributed by atoms with E-state index in [9.17, 15) is 0 Å². The second-order valence-corrected chi connectivity index (χ2v) is 3.89. The predicted molar refractivity (Wildman–Crippen MR) is 87.1 cm³/mol. The molecule has 19 heavy (non-hydrogen) atoms. The summed E-state index contributed by atoms with van der Waals surface area (Å²) in [6, 6.07) is 16.9. The van der Waals surface area contributed by atoms with Crippen LogP contribution in [0.25, 0.3) is 11.1 Å². The molecular formula is C17H26N2. The Morgan fingerprint density at radius 2 is 1.37 bits per heavy atom. The molecule has 0 spiro atoms. The van der Waals surface area contributed by atoms with Crippen LogP contribution >= 0.6 is 0 Å². The largest absolute Gasteiger partial charge is 0.385 e. The molecule has 104 valence electrons. The van der Waals surface area contributed by atoms with Gasteiger partial charge in [-0.1, -0.05) is 56.3 Å². The predicted octanol–water partition coefficient (Wildman–Crippen LogP) is 5.28. The lowest BCUT2D eigenvalue weighted by Gasteiger charge is -2.12. The fourth-order valence-electron chi connectivity index (χ4n) is 1.94. The summed E-state index contributed by atoms with van der Waals surface area (Å²) < 4.78 is 0. The van der Waals surface area contributed by atoms with Crippen LogP contribution in [-0.2, 0) is 0 Å². The van der Waals surface area contributed by atoms with Gasteiger partial charge in [0.2, 0.25) is 0 Å². The van der Waals surface area contributed by atoms with Crippen molar-refractivity contribution in [2.24, 2.45) is 0 Å². The van der Waals surface area contributed by atoms with E-state index in [1.807, 2.05) is 13.8 Å². The highest BCUT2D eigenvalue weighted by atomic mass is 14.9. The Labute approximate surface area is 117 Å². The van der Waals surface area contributed by atoms with E-state index in [2.05, 4.69) is 67.7 Å². The van der Waals surface area contributed by atoms with Crippen LogP contribution in [0.5, 0.6) is 0 Å². The van der Waals surface area contributed by atoms with E-state index in [-0.39, 0.29) is 6.15 Å². The van der Waals surface area contributed by atoms with Gasteiger partial charge >= 0.3 is 0 Å². The maximum absolute atomic E-state index is 3.40. The fraction of sp³-hybridized carbons (Fsp3) is 0.294. The lowest BCUT2D eigenvalue weighted by atomic mass is 9.99. The first kappa shape index (κ1) is 17.2. The Hall–Kier alpha value is -1.80. The van der Waals surface area contributed by atoms with Crippen LogP contribution in [0.3, 0.4) is 0 Å². The Kier molecular flexibility index (Phi) is 8.30. The molecule has 0 unspecified atom stereocenters. The van der Waals surface area contributed by atoms with Crippen LogP contribution < -0.4 is 11.5 Å². The molecule has 0 heterocycles. The van der Waals surface area contributed by atoms with Gasteiger partial charge in [-0.3, -0.25) is 0 Å². The highest BCUT2D eigenvalue weighted by Crippen LogP contribution is 2.29. The zero-order valence-corrected chi connectivity index (χ0v) is 12.5. The van der Waals surface area contributed by atoms with Gasteiger partial charge in [0.05, 0.1) is 0 Å². The molecule has 2 nitrogen and oxygen atoms in total. The lowest BCUT2D eigenvalue weighted by Crippen LogP contribution is -1.98. The maximum Gasteiger partial charge on any atom is 0.0419 e. The van der Waals surface area contributed by atoms with E-state index in [1.54, 1.807) is 0 Å². The summed E-state index contributed by atoms with van der Waals surface area (Å²) in [6.07, 6.45) is 0. The Morgan fingerprint density at radius 1 is 0.842 bits per heavy atom. The number of anilines is 1.